The van der Waals surface area contributed by atoms with Crippen LogP contribution in [0.3, 0.4) is 0 Å². The van der Waals surface area contributed by atoms with Gasteiger partial charge in [-0.3, -0.25) is 9.59 Å². The Kier molecular flexibility index (Phi) is 7.25. The Morgan fingerprint density at radius 3 is 2.86 bits per heavy atom. The van der Waals surface area contributed by atoms with Crippen LogP contribution in [0.4, 0.5) is 5.82 Å². The van der Waals surface area contributed by atoms with E-state index in [0.717, 1.165) is 17.3 Å². The van der Waals surface area contributed by atoms with Gasteiger partial charge in [0.05, 0.1) is 5.92 Å². The van der Waals surface area contributed by atoms with Gasteiger partial charge in [-0.15, -0.1) is 0 Å². The van der Waals surface area contributed by atoms with E-state index in [2.05, 4.69) is 40.1 Å². The quantitative estimate of drug-likeness (QED) is 0.701. The molecule has 1 fully saturated rings. The number of piperidine rings is 1. The van der Waals surface area contributed by atoms with Crippen molar-refractivity contribution in [3.8, 4) is 5.75 Å². The van der Waals surface area contributed by atoms with Crippen molar-refractivity contribution in [3.63, 3.8) is 0 Å². The molecule has 1 aromatic carbocycles. The van der Waals surface area contributed by atoms with Crippen LogP contribution in [0, 0.1) is 5.92 Å². The minimum absolute atomic E-state index is 0.0237. The molecular formula is C22H26BrN3O3. The summed E-state index contributed by atoms with van der Waals surface area (Å²) in [5.41, 5.74) is 1.17. The number of nitrogens with one attached hydrogen (secondary N) is 1. The monoisotopic (exact) mass is 459 g/mol. The minimum Gasteiger partial charge on any atom is -0.484 e. The van der Waals surface area contributed by atoms with Crippen molar-refractivity contribution in [2.45, 2.75) is 32.6 Å². The summed E-state index contributed by atoms with van der Waals surface area (Å²) in [6, 6.07) is 11.4. The largest absolute Gasteiger partial charge is 0.484 e. The number of anilines is 1. The van der Waals surface area contributed by atoms with Crippen LogP contribution >= 0.6 is 15.9 Å². The van der Waals surface area contributed by atoms with E-state index in [1.54, 1.807) is 17.2 Å². The maximum atomic E-state index is 12.6. The van der Waals surface area contributed by atoms with Crippen LogP contribution in [-0.4, -0.2) is 41.4 Å². The molecule has 1 N–H and O–H groups in total. The molecule has 7 heteroatoms. The average Bonchev–Trinajstić information content (AvgIpc) is 2.74. The van der Waals surface area contributed by atoms with Gasteiger partial charge in [0.15, 0.2) is 6.61 Å². The van der Waals surface area contributed by atoms with Crippen LogP contribution in [0.15, 0.2) is 47.1 Å². The molecule has 1 unspecified atom stereocenters. The van der Waals surface area contributed by atoms with Gasteiger partial charge in [0, 0.05) is 23.8 Å². The molecule has 0 spiro atoms. The second kappa shape index (κ2) is 9.87. The van der Waals surface area contributed by atoms with E-state index in [1.165, 1.54) is 5.56 Å². The maximum Gasteiger partial charge on any atom is 0.260 e. The average molecular weight is 460 g/mol. The second-order valence-corrected chi connectivity index (χ2v) is 8.46. The number of aromatic nitrogens is 1. The molecule has 0 aliphatic carbocycles. The molecular weight excluding hydrogens is 434 g/mol. The third-order valence-corrected chi connectivity index (χ3v) is 5.48. The summed E-state index contributed by atoms with van der Waals surface area (Å²) in [6.07, 6.45) is 3.18. The smallest absolute Gasteiger partial charge is 0.260 e. The Hall–Kier alpha value is -2.41. The van der Waals surface area contributed by atoms with Crippen molar-refractivity contribution >= 4 is 33.6 Å². The SMILES string of the molecule is CC(C)c1cccc(OCC(=O)N2CCCC(C(=O)Nc3ccc(Br)cn3)C2)c1. The second-order valence-electron chi connectivity index (χ2n) is 7.55. The van der Waals surface area contributed by atoms with E-state index < -0.39 is 0 Å². The van der Waals surface area contributed by atoms with Crippen LogP contribution in [0.1, 0.15) is 38.2 Å². The number of ether oxygens (including phenoxy) is 1. The number of benzene rings is 1. The van der Waals surface area contributed by atoms with Crippen LogP contribution in [0.2, 0.25) is 0 Å². The molecule has 154 valence electrons. The number of hydrogen-bond donors (Lipinski definition) is 1. The van der Waals surface area contributed by atoms with Gasteiger partial charge in [-0.25, -0.2) is 4.98 Å². The van der Waals surface area contributed by atoms with E-state index in [1.807, 2.05) is 30.3 Å². The maximum absolute atomic E-state index is 12.6. The lowest BCUT2D eigenvalue weighted by atomic mass is 9.97. The van der Waals surface area contributed by atoms with Crippen LogP contribution < -0.4 is 10.1 Å². The Balaban J connectivity index is 1.53. The van der Waals surface area contributed by atoms with Crippen LogP contribution in [0.25, 0.3) is 0 Å². The van der Waals surface area contributed by atoms with E-state index in [0.29, 0.717) is 30.6 Å². The van der Waals surface area contributed by atoms with Gasteiger partial charge in [0.25, 0.3) is 5.91 Å². The van der Waals surface area contributed by atoms with Crippen LogP contribution in [-0.2, 0) is 9.59 Å². The van der Waals surface area contributed by atoms with E-state index in [-0.39, 0.29) is 24.3 Å². The number of likely N-dealkylation sites (tertiary alicyclic amines) is 1. The fraction of sp³-hybridized carbons (Fsp3) is 0.409. The van der Waals surface area contributed by atoms with E-state index in [9.17, 15) is 9.59 Å². The molecule has 1 saturated heterocycles. The zero-order valence-corrected chi connectivity index (χ0v) is 18.3. The molecule has 6 nitrogen and oxygen atoms in total. The summed E-state index contributed by atoms with van der Waals surface area (Å²) in [4.78, 5) is 31.1. The highest BCUT2D eigenvalue weighted by Crippen LogP contribution is 2.22. The predicted octanol–water partition coefficient (Wildman–Crippen LogP) is 4.22. The summed E-state index contributed by atoms with van der Waals surface area (Å²) in [6.45, 7) is 5.26. The first kappa shape index (κ1) is 21.3. The number of carbonyl (C=O) groups is 2. The highest BCUT2D eigenvalue weighted by molar-refractivity contribution is 9.10. The van der Waals surface area contributed by atoms with Gasteiger partial charge in [-0.05, 0) is 64.5 Å². The lowest BCUT2D eigenvalue weighted by molar-refractivity contribution is -0.136. The Morgan fingerprint density at radius 2 is 2.14 bits per heavy atom. The number of rotatable bonds is 6. The van der Waals surface area contributed by atoms with Crippen LogP contribution in [0.5, 0.6) is 5.75 Å². The number of hydrogen-bond acceptors (Lipinski definition) is 4. The van der Waals surface area contributed by atoms with Crippen molar-refractivity contribution in [2.75, 3.05) is 25.0 Å². The third-order valence-electron chi connectivity index (χ3n) is 5.01. The zero-order valence-electron chi connectivity index (χ0n) is 16.7. The summed E-state index contributed by atoms with van der Waals surface area (Å²) >= 11 is 3.32. The molecule has 0 saturated carbocycles. The first-order valence-electron chi connectivity index (χ1n) is 9.85. The molecule has 1 atom stereocenters. The summed E-state index contributed by atoms with van der Waals surface area (Å²) < 4.78 is 6.56. The molecule has 1 aromatic heterocycles. The zero-order chi connectivity index (χ0) is 20.8. The first-order valence-corrected chi connectivity index (χ1v) is 10.6. The molecule has 2 aromatic rings. The Labute approximate surface area is 179 Å². The molecule has 1 aliphatic heterocycles. The molecule has 1 aliphatic rings. The molecule has 0 radical (unpaired) electrons. The number of halogens is 1. The van der Waals surface area contributed by atoms with Gasteiger partial charge in [-0.2, -0.15) is 0 Å². The molecule has 3 rings (SSSR count). The summed E-state index contributed by atoms with van der Waals surface area (Å²) in [5, 5.41) is 2.83. The van der Waals surface area contributed by atoms with Crippen molar-refractivity contribution in [2.24, 2.45) is 5.92 Å². The fourth-order valence-corrected chi connectivity index (χ4v) is 3.53. The lowest BCUT2D eigenvalue weighted by Gasteiger charge is -2.32. The summed E-state index contributed by atoms with van der Waals surface area (Å²) in [5.74, 6) is 1.15. The topological polar surface area (TPSA) is 71.5 Å². The van der Waals surface area contributed by atoms with Gasteiger partial charge >= 0.3 is 0 Å². The van der Waals surface area contributed by atoms with Crippen molar-refractivity contribution < 1.29 is 14.3 Å². The van der Waals surface area contributed by atoms with Crippen molar-refractivity contribution in [1.82, 2.24) is 9.88 Å². The Morgan fingerprint density at radius 1 is 1.31 bits per heavy atom. The van der Waals surface area contributed by atoms with Gasteiger partial charge in [0.1, 0.15) is 11.6 Å². The summed E-state index contributed by atoms with van der Waals surface area (Å²) in [7, 11) is 0. The number of carbonyl (C=O) groups excluding carboxylic acids is 2. The fourth-order valence-electron chi connectivity index (χ4n) is 3.30. The van der Waals surface area contributed by atoms with E-state index >= 15 is 0 Å². The third kappa shape index (κ3) is 6.03. The number of nitrogens with zero attached hydrogens (tertiary/aromatic N) is 2. The van der Waals surface area contributed by atoms with Gasteiger partial charge in [-0.1, -0.05) is 26.0 Å². The molecule has 2 amide bonds. The normalized spacial score (nSPS) is 16.6. The Bertz CT molecular complexity index is 855. The first-order chi connectivity index (χ1) is 13.9. The lowest BCUT2D eigenvalue weighted by Crippen LogP contribution is -2.45. The number of amides is 2. The molecule has 2 heterocycles. The van der Waals surface area contributed by atoms with Gasteiger partial charge < -0.3 is 15.0 Å². The van der Waals surface area contributed by atoms with Gasteiger partial charge in [0.2, 0.25) is 5.91 Å². The predicted molar refractivity (Wildman–Crippen MR) is 116 cm³/mol. The van der Waals surface area contributed by atoms with E-state index in [4.69, 9.17) is 4.74 Å². The minimum atomic E-state index is -0.248. The highest BCUT2D eigenvalue weighted by Gasteiger charge is 2.28. The van der Waals surface area contributed by atoms with Crippen molar-refractivity contribution in [3.05, 3.63) is 52.6 Å². The number of pyridine rings is 1. The molecule has 0 bridgehead atoms. The standard InChI is InChI=1S/C22H26BrN3O3/c1-15(2)16-5-3-7-19(11-16)29-14-21(27)26-10-4-6-17(13-26)22(28)25-20-9-8-18(23)12-24-20/h3,5,7-9,11-12,15,17H,4,6,10,13-14H2,1-2H3,(H,24,25,28). The highest BCUT2D eigenvalue weighted by atomic mass is 79.9. The molecule has 29 heavy (non-hydrogen) atoms. The van der Waals surface area contributed by atoms with Crippen molar-refractivity contribution in [1.29, 1.82) is 0 Å².